The van der Waals surface area contributed by atoms with Gasteiger partial charge in [0, 0.05) is 6.07 Å². The fourth-order valence-corrected chi connectivity index (χ4v) is 0.772. The number of hydrogen-bond donors (Lipinski definition) is 1. The molecule has 0 amide bonds. The van der Waals surface area contributed by atoms with Crippen LogP contribution in [0.3, 0.4) is 0 Å². The Labute approximate surface area is 75.0 Å². The molecule has 0 unspecified atom stereocenters. The molecule has 5 nitrogen and oxygen atoms in total. The van der Waals surface area contributed by atoms with Crippen molar-refractivity contribution in [1.29, 1.82) is 0 Å². The number of aromatic nitrogens is 1. The van der Waals surface area contributed by atoms with E-state index in [0.717, 1.165) is 0 Å². The molecule has 0 fully saturated rings. The average Bonchev–Trinajstić information content (AvgIpc) is 2.08. The summed E-state index contributed by atoms with van der Waals surface area (Å²) in [6.45, 7) is 0. The summed E-state index contributed by atoms with van der Waals surface area (Å²) in [6, 6.07) is 0.322. The van der Waals surface area contributed by atoms with Crippen LogP contribution in [0.2, 0.25) is 0 Å². The third kappa shape index (κ3) is 1.73. The summed E-state index contributed by atoms with van der Waals surface area (Å²) in [6.07, 6.45) is -3.20. The molecule has 0 saturated heterocycles. The quantitative estimate of drug-likeness (QED) is 0.456. The molecule has 0 aliphatic rings. The maximum Gasteiger partial charge on any atom is 0.367 e. The molecule has 0 aliphatic carbocycles. The summed E-state index contributed by atoms with van der Waals surface area (Å²) in [5, 5.41) is 18.8. The van der Waals surface area contributed by atoms with Gasteiger partial charge in [-0.2, -0.15) is 4.39 Å². The second-order valence-electron chi connectivity index (χ2n) is 2.27. The first-order valence-electron chi connectivity index (χ1n) is 3.25. The first kappa shape index (κ1) is 10.2. The van der Waals surface area contributed by atoms with E-state index in [1.165, 1.54) is 0 Å². The van der Waals surface area contributed by atoms with E-state index in [-0.39, 0.29) is 0 Å². The van der Waals surface area contributed by atoms with E-state index in [2.05, 4.69) is 4.98 Å². The van der Waals surface area contributed by atoms with Gasteiger partial charge in [0.2, 0.25) is 5.75 Å². The van der Waals surface area contributed by atoms with Crippen molar-refractivity contribution in [1.82, 2.24) is 4.98 Å². The fourth-order valence-electron chi connectivity index (χ4n) is 0.772. The summed E-state index contributed by atoms with van der Waals surface area (Å²) in [5.41, 5.74) is -1.15. The molecule has 0 spiro atoms. The summed E-state index contributed by atoms with van der Waals surface area (Å²) >= 11 is 0. The maximum absolute atomic E-state index is 12.6. The highest BCUT2D eigenvalue weighted by Crippen LogP contribution is 2.31. The number of pyridine rings is 1. The van der Waals surface area contributed by atoms with Crippen LogP contribution in [0.15, 0.2) is 6.07 Å². The number of alkyl halides is 2. The molecule has 1 rings (SSSR count). The Morgan fingerprint density at radius 1 is 1.57 bits per heavy atom. The average molecular weight is 208 g/mol. The van der Waals surface area contributed by atoms with Gasteiger partial charge in [-0.25, -0.2) is 8.78 Å². The Morgan fingerprint density at radius 2 is 2.14 bits per heavy atom. The number of nitro groups is 1. The highest BCUT2D eigenvalue weighted by atomic mass is 19.3. The van der Waals surface area contributed by atoms with E-state index < -0.39 is 34.4 Å². The zero-order valence-electron chi connectivity index (χ0n) is 6.45. The van der Waals surface area contributed by atoms with Crippen LogP contribution in [0.25, 0.3) is 0 Å². The van der Waals surface area contributed by atoms with Gasteiger partial charge in [0.25, 0.3) is 6.43 Å². The molecule has 14 heavy (non-hydrogen) atoms. The maximum atomic E-state index is 12.6. The standard InChI is InChI=1S/C6H3F3N2O3/c7-5(8)2-1-3(11(13)14)10-6(9)4(2)12/h1,5,12H. The predicted molar refractivity (Wildman–Crippen MR) is 37.5 cm³/mol. The van der Waals surface area contributed by atoms with Crippen LogP contribution in [-0.4, -0.2) is 15.0 Å². The molecule has 0 bridgehead atoms. The van der Waals surface area contributed by atoms with Crippen molar-refractivity contribution in [2.75, 3.05) is 0 Å². The number of aromatic hydroxyl groups is 1. The van der Waals surface area contributed by atoms with Crippen molar-refractivity contribution in [2.45, 2.75) is 6.43 Å². The molecular formula is C6H3F3N2O3. The van der Waals surface area contributed by atoms with Crippen molar-refractivity contribution in [2.24, 2.45) is 0 Å². The largest absolute Gasteiger partial charge is 0.502 e. The number of halogens is 3. The summed E-state index contributed by atoms with van der Waals surface area (Å²) in [7, 11) is 0. The van der Waals surface area contributed by atoms with Crippen LogP contribution in [0.4, 0.5) is 19.0 Å². The van der Waals surface area contributed by atoms with Gasteiger partial charge >= 0.3 is 11.8 Å². The Bertz CT molecular complexity index is 383. The lowest BCUT2D eigenvalue weighted by Crippen LogP contribution is -1.98. The molecule has 0 radical (unpaired) electrons. The first-order valence-corrected chi connectivity index (χ1v) is 3.25. The van der Waals surface area contributed by atoms with Crippen molar-refractivity contribution < 1.29 is 23.2 Å². The zero-order valence-corrected chi connectivity index (χ0v) is 6.45. The lowest BCUT2D eigenvalue weighted by Gasteiger charge is -2.01. The summed E-state index contributed by atoms with van der Waals surface area (Å²) in [4.78, 5) is 11.6. The van der Waals surface area contributed by atoms with Gasteiger partial charge in [0.05, 0.1) is 5.56 Å². The molecule has 1 aromatic rings. The molecule has 8 heteroatoms. The van der Waals surface area contributed by atoms with Crippen LogP contribution in [0.5, 0.6) is 5.75 Å². The molecule has 1 aromatic heterocycles. The second-order valence-corrected chi connectivity index (χ2v) is 2.27. The van der Waals surface area contributed by atoms with E-state index in [4.69, 9.17) is 5.11 Å². The molecule has 0 aromatic carbocycles. The molecule has 0 saturated carbocycles. The highest BCUT2D eigenvalue weighted by molar-refractivity contribution is 5.38. The van der Waals surface area contributed by atoms with Gasteiger partial charge in [0.1, 0.15) is 0 Å². The molecule has 0 atom stereocenters. The van der Waals surface area contributed by atoms with Crippen LogP contribution < -0.4 is 0 Å². The van der Waals surface area contributed by atoms with E-state index in [1.54, 1.807) is 0 Å². The number of rotatable bonds is 2. The minimum Gasteiger partial charge on any atom is -0.502 e. The van der Waals surface area contributed by atoms with E-state index in [1.807, 2.05) is 0 Å². The van der Waals surface area contributed by atoms with Crippen LogP contribution in [-0.2, 0) is 0 Å². The number of nitrogens with zero attached hydrogens (tertiary/aromatic N) is 2. The summed E-state index contributed by atoms with van der Waals surface area (Å²) in [5.74, 6) is -4.13. The van der Waals surface area contributed by atoms with Gasteiger partial charge in [0.15, 0.2) is 0 Å². The Balaban J connectivity index is 3.35. The molecule has 1 N–H and O–H groups in total. The highest BCUT2D eigenvalue weighted by Gasteiger charge is 2.25. The molecule has 76 valence electrons. The van der Waals surface area contributed by atoms with Gasteiger partial charge < -0.3 is 15.2 Å². The topological polar surface area (TPSA) is 76.3 Å². The third-order valence-corrected chi connectivity index (χ3v) is 1.39. The summed E-state index contributed by atoms with van der Waals surface area (Å²) < 4.78 is 36.7. The fraction of sp³-hybridized carbons (Fsp3) is 0.167. The van der Waals surface area contributed by atoms with Crippen molar-refractivity contribution in [3.8, 4) is 5.75 Å². The Hall–Kier alpha value is -1.86. The lowest BCUT2D eigenvalue weighted by molar-refractivity contribution is -0.390. The second kappa shape index (κ2) is 3.48. The van der Waals surface area contributed by atoms with E-state index in [9.17, 15) is 23.3 Å². The normalized spacial score (nSPS) is 10.6. The minimum absolute atomic E-state index is 0.322. The first-order chi connectivity index (χ1) is 6.43. The lowest BCUT2D eigenvalue weighted by atomic mass is 10.2. The third-order valence-electron chi connectivity index (χ3n) is 1.39. The number of hydrogen-bond acceptors (Lipinski definition) is 4. The van der Waals surface area contributed by atoms with Crippen LogP contribution in [0.1, 0.15) is 12.0 Å². The predicted octanol–water partition coefficient (Wildman–Crippen LogP) is 1.77. The van der Waals surface area contributed by atoms with Crippen molar-refractivity contribution in [3.05, 3.63) is 27.7 Å². The molecular weight excluding hydrogens is 205 g/mol. The van der Waals surface area contributed by atoms with Gasteiger partial charge in [-0.1, -0.05) is 0 Å². The SMILES string of the molecule is O=[N+]([O-])c1cc(C(F)F)c(O)c(F)n1. The van der Waals surface area contributed by atoms with Gasteiger partial charge in [-0.3, -0.25) is 0 Å². The Morgan fingerprint density at radius 3 is 2.57 bits per heavy atom. The van der Waals surface area contributed by atoms with E-state index >= 15 is 0 Å². The van der Waals surface area contributed by atoms with Crippen LogP contribution >= 0.6 is 0 Å². The van der Waals surface area contributed by atoms with Crippen molar-refractivity contribution >= 4 is 5.82 Å². The van der Waals surface area contributed by atoms with E-state index in [0.29, 0.717) is 6.07 Å². The molecule has 0 aliphatic heterocycles. The Kier molecular flexibility index (Phi) is 2.54. The van der Waals surface area contributed by atoms with Gasteiger partial charge in [-0.15, -0.1) is 0 Å². The smallest absolute Gasteiger partial charge is 0.367 e. The molecule has 1 heterocycles. The monoisotopic (exact) mass is 208 g/mol. The van der Waals surface area contributed by atoms with Crippen LogP contribution in [0, 0.1) is 16.1 Å². The van der Waals surface area contributed by atoms with Gasteiger partial charge in [-0.05, 0) is 9.91 Å². The zero-order chi connectivity index (χ0) is 10.9. The van der Waals surface area contributed by atoms with Crippen molar-refractivity contribution in [3.63, 3.8) is 0 Å². The minimum atomic E-state index is -3.20.